The van der Waals surface area contributed by atoms with Crippen molar-refractivity contribution >= 4 is 11.7 Å². The number of hydrogen-bond donors (Lipinski definition) is 3. The van der Waals surface area contributed by atoms with E-state index in [9.17, 15) is 14.7 Å². The third kappa shape index (κ3) is 2.84. The Labute approximate surface area is 145 Å². The Balaban J connectivity index is 2.18. The van der Waals surface area contributed by atoms with Gasteiger partial charge in [-0.15, -0.1) is 0 Å². The number of methoxy groups -OCH3 is 1. The van der Waals surface area contributed by atoms with E-state index in [-0.39, 0.29) is 12.0 Å². The van der Waals surface area contributed by atoms with Gasteiger partial charge in [0.05, 0.1) is 18.6 Å². The second kappa shape index (κ2) is 6.07. The van der Waals surface area contributed by atoms with Crippen LogP contribution in [-0.4, -0.2) is 48.1 Å². The van der Waals surface area contributed by atoms with Crippen LogP contribution in [0.1, 0.15) is 29.7 Å². The zero-order valence-corrected chi connectivity index (χ0v) is 14.8. The molecule has 3 rings (SSSR count). The highest BCUT2D eigenvalue weighted by atomic mass is 16.5. The SMILES string of the molecule is COC(=O)[C@H]1[C@H](c2ccc(N(C)C)cc2)c2c([nH][nH]c2=O)C[C@]1(C)O. The van der Waals surface area contributed by atoms with Crippen molar-refractivity contribution in [1.29, 1.82) is 0 Å². The van der Waals surface area contributed by atoms with E-state index in [0.29, 0.717) is 11.3 Å². The number of carbonyl (C=O) groups is 1. The predicted octanol–water partition coefficient (Wildman–Crippen LogP) is 0.997. The second-order valence-electron chi connectivity index (χ2n) is 6.97. The van der Waals surface area contributed by atoms with Gasteiger partial charge in [0.1, 0.15) is 0 Å². The maximum absolute atomic E-state index is 12.5. The van der Waals surface area contributed by atoms with E-state index in [1.54, 1.807) is 6.92 Å². The van der Waals surface area contributed by atoms with E-state index in [4.69, 9.17) is 4.74 Å². The summed E-state index contributed by atoms with van der Waals surface area (Å²) in [6.07, 6.45) is 0.174. The number of ether oxygens (including phenoxy) is 1. The molecule has 0 radical (unpaired) electrons. The van der Waals surface area contributed by atoms with Crippen LogP contribution >= 0.6 is 0 Å². The molecular weight excluding hydrogens is 322 g/mol. The molecule has 1 aromatic heterocycles. The number of benzene rings is 1. The number of H-pyrrole nitrogens is 2. The minimum atomic E-state index is -1.34. The van der Waals surface area contributed by atoms with Gasteiger partial charge in [0, 0.05) is 43.4 Å². The average molecular weight is 345 g/mol. The fourth-order valence-electron chi connectivity index (χ4n) is 3.72. The second-order valence-corrected chi connectivity index (χ2v) is 6.97. The van der Waals surface area contributed by atoms with Gasteiger partial charge in [-0.3, -0.25) is 14.7 Å². The minimum Gasteiger partial charge on any atom is -0.469 e. The summed E-state index contributed by atoms with van der Waals surface area (Å²) in [7, 11) is 5.17. The third-order valence-electron chi connectivity index (χ3n) is 4.97. The van der Waals surface area contributed by atoms with Crippen molar-refractivity contribution in [1.82, 2.24) is 10.2 Å². The lowest BCUT2D eigenvalue weighted by molar-refractivity contribution is -0.156. The zero-order chi connectivity index (χ0) is 18.4. The number of anilines is 1. The highest BCUT2D eigenvalue weighted by Crippen LogP contribution is 2.44. The van der Waals surface area contributed by atoms with Crippen LogP contribution < -0.4 is 10.5 Å². The number of rotatable bonds is 3. The van der Waals surface area contributed by atoms with Gasteiger partial charge in [-0.2, -0.15) is 0 Å². The van der Waals surface area contributed by atoms with Gasteiger partial charge >= 0.3 is 5.97 Å². The molecule has 0 spiro atoms. The molecule has 3 atom stereocenters. The molecule has 1 heterocycles. The van der Waals surface area contributed by atoms with Gasteiger partial charge in [0.15, 0.2) is 0 Å². The fourth-order valence-corrected chi connectivity index (χ4v) is 3.72. The number of nitrogens with one attached hydrogen (secondary N) is 2. The minimum absolute atomic E-state index is 0.174. The Hall–Kier alpha value is -2.54. The van der Waals surface area contributed by atoms with Crippen LogP contribution in [0, 0.1) is 5.92 Å². The van der Waals surface area contributed by atoms with Crippen LogP contribution in [0.25, 0.3) is 0 Å². The summed E-state index contributed by atoms with van der Waals surface area (Å²) in [6, 6.07) is 7.61. The maximum Gasteiger partial charge on any atom is 0.312 e. The number of aromatic amines is 2. The standard InChI is InChI=1S/C18H23N3O4/c1-18(24)9-12-14(16(22)20-19-12)13(15(18)17(23)25-4)10-5-7-11(8-6-10)21(2)3/h5-8,13,15,24H,9H2,1-4H3,(H2,19,20,22)/t13-,15-,18+/m1/s1. The largest absolute Gasteiger partial charge is 0.469 e. The van der Waals surface area contributed by atoms with E-state index in [1.807, 2.05) is 43.3 Å². The molecule has 0 aliphatic heterocycles. The van der Waals surface area contributed by atoms with E-state index in [1.165, 1.54) is 7.11 Å². The van der Waals surface area contributed by atoms with Crippen LogP contribution in [-0.2, 0) is 16.0 Å². The summed E-state index contributed by atoms with van der Waals surface area (Å²) in [5.74, 6) is -1.98. The number of nitrogens with zero attached hydrogens (tertiary/aromatic N) is 1. The maximum atomic E-state index is 12.5. The summed E-state index contributed by atoms with van der Waals surface area (Å²) >= 11 is 0. The molecular formula is C18H23N3O4. The molecule has 1 aromatic carbocycles. The Morgan fingerprint density at radius 3 is 2.48 bits per heavy atom. The molecule has 1 aliphatic rings. The first-order valence-corrected chi connectivity index (χ1v) is 8.13. The molecule has 25 heavy (non-hydrogen) atoms. The first-order valence-electron chi connectivity index (χ1n) is 8.13. The van der Waals surface area contributed by atoms with Gasteiger partial charge in [-0.25, -0.2) is 0 Å². The van der Waals surface area contributed by atoms with Gasteiger partial charge in [0.2, 0.25) is 0 Å². The molecule has 0 fully saturated rings. The van der Waals surface area contributed by atoms with Gasteiger partial charge < -0.3 is 19.8 Å². The number of aromatic nitrogens is 2. The molecule has 7 heteroatoms. The van der Waals surface area contributed by atoms with Crippen molar-refractivity contribution < 1.29 is 14.6 Å². The molecule has 0 saturated heterocycles. The average Bonchev–Trinajstić information content (AvgIpc) is 2.92. The third-order valence-corrected chi connectivity index (χ3v) is 4.97. The van der Waals surface area contributed by atoms with E-state index in [0.717, 1.165) is 11.3 Å². The summed E-state index contributed by atoms with van der Waals surface area (Å²) < 4.78 is 4.94. The lowest BCUT2D eigenvalue weighted by atomic mass is 9.66. The number of aliphatic hydroxyl groups is 1. The predicted molar refractivity (Wildman–Crippen MR) is 93.9 cm³/mol. The molecule has 2 aromatic rings. The summed E-state index contributed by atoms with van der Waals surface area (Å²) in [5, 5.41) is 16.3. The zero-order valence-electron chi connectivity index (χ0n) is 14.8. The van der Waals surface area contributed by atoms with Gasteiger partial charge in [-0.05, 0) is 24.6 Å². The summed E-state index contributed by atoms with van der Waals surface area (Å²) in [6.45, 7) is 1.60. The highest BCUT2D eigenvalue weighted by molar-refractivity contribution is 5.77. The van der Waals surface area contributed by atoms with E-state index in [2.05, 4.69) is 10.2 Å². The normalized spacial score (nSPS) is 25.3. The first-order chi connectivity index (χ1) is 11.8. The monoisotopic (exact) mass is 345 g/mol. The van der Waals surface area contributed by atoms with E-state index >= 15 is 0 Å². The topological polar surface area (TPSA) is 98.4 Å². The first kappa shape index (κ1) is 17.3. The Bertz CT molecular complexity index is 833. The molecule has 0 amide bonds. The molecule has 0 unspecified atom stereocenters. The lowest BCUT2D eigenvalue weighted by Gasteiger charge is -2.40. The smallest absolute Gasteiger partial charge is 0.312 e. The van der Waals surface area contributed by atoms with Gasteiger partial charge in [0.25, 0.3) is 5.56 Å². The number of fused-ring (bicyclic) bond motifs is 1. The Morgan fingerprint density at radius 2 is 1.92 bits per heavy atom. The van der Waals surface area contributed by atoms with E-state index < -0.39 is 23.4 Å². The molecule has 0 bridgehead atoms. The van der Waals surface area contributed by atoms with Crippen LogP contribution in [0.2, 0.25) is 0 Å². The number of esters is 1. The van der Waals surface area contributed by atoms with Crippen molar-refractivity contribution in [2.75, 3.05) is 26.1 Å². The molecule has 1 aliphatic carbocycles. The van der Waals surface area contributed by atoms with Crippen molar-refractivity contribution in [3.05, 3.63) is 51.4 Å². The lowest BCUT2D eigenvalue weighted by Crippen LogP contribution is -2.49. The summed E-state index contributed by atoms with van der Waals surface area (Å²) in [5.41, 5.74) is 1.28. The molecule has 134 valence electrons. The summed E-state index contributed by atoms with van der Waals surface area (Å²) in [4.78, 5) is 26.8. The highest BCUT2D eigenvalue weighted by Gasteiger charge is 2.51. The van der Waals surface area contributed by atoms with Crippen LogP contribution in [0.3, 0.4) is 0 Å². The van der Waals surface area contributed by atoms with Crippen LogP contribution in [0.5, 0.6) is 0 Å². The molecule has 0 saturated carbocycles. The van der Waals surface area contributed by atoms with Crippen molar-refractivity contribution in [2.45, 2.75) is 24.9 Å². The van der Waals surface area contributed by atoms with Crippen molar-refractivity contribution in [3.8, 4) is 0 Å². The Kier molecular flexibility index (Phi) is 4.20. The fraction of sp³-hybridized carbons (Fsp3) is 0.444. The quantitative estimate of drug-likeness (QED) is 0.721. The number of carbonyl (C=O) groups excluding carboxylic acids is 1. The van der Waals surface area contributed by atoms with Crippen LogP contribution in [0.4, 0.5) is 5.69 Å². The van der Waals surface area contributed by atoms with Crippen molar-refractivity contribution in [3.63, 3.8) is 0 Å². The molecule has 7 nitrogen and oxygen atoms in total. The molecule has 3 N–H and O–H groups in total. The van der Waals surface area contributed by atoms with Crippen molar-refractivity contribution in [2.24, 2.45) is 5.92 Å². The number of hydrogen-bond acceptors (Lipinski definition) is 5. The van der Waals surface area contributed by atoms with Gasteiger partial charge in [-0.1, -0.05) is 12.1 Å². The van der Waals surface area contributed by atoms with Crippen LogP contribution in [0.15, 0.2) is 29.1 Å². The Morgan fingerprint density at radius 1 is 1.28 bits per heavy atom.